The zero-order valence-electron chi connectivity index (χ0n) is 11.7. The molecule has 0 spiro atoms. The molecule has 5 nitrogen and oxygen atoms in total. The minimum Gasteiger partial charge on any atom is -0.479 e. The molecule has 1 aliphatic heterocycles. The van der Waals surface area contributed by atoms with Gasteiger partial charge in [0.05, 0.1) is 0 Å². The van der Waals surface area contributed by atoms with Crippen LogP contribution in [0.1, 0.15) is 24.9 Å². The van der Waals surface area contributed by atoms with Crippen molar-refractivity contribution in [3.05, 3.63) is 35.9 Å². The largest absolute Gasteiger partial charge is 0.479 e. The molecule has 1 N–H and O–H groups in total. The Hall–Kier alpha value is -1.82. The van der Waals surface area contributed by atoms with Crippen LogP contribution in [0.5, 0.6) is 0 Å². The summed E-state index contributed by atoms with van der Waals surface area (Å²) in [6.07, 6.45) is 0.302. The number of rotatable bonds is 5. The molecule has 1 amide bonds. The van der Waals surface area contributed by atoms with Crippen LogP contribution in [0.15, 0.2) is 30.3 Å². The monoisotopic (exact) mass is 307 g/mol. The molecular formula is C15H17NO4S. The minimum absolute atomic E-state index is 0.0127. The number of hydrogen-bond donors (Lipinski definition) is 1. The van der Waals surface area contributed by atoms with Gasteiger partial charge in [0.2, 0.25) is 5.91 Å². The minimum atomic E-state index is -1.03. The van der Waals surface area contributed by atoms with E-state index in [0.717, 1.165) is 0 Å². The lowest BCUT2D eigenvalue weighted by Gasteiger charge is -2.25. The molecule has 6 heteroatoms. The van der Waals surface area contributed by atoms with Crippen LogP contribution >= 0.6 is 11.8 Å². The van der Waals surface area contributed by atoms with Gasteiger partial charge in [-0.3, -0.25) is 9.59 Å². The summed E-state index contributed by atoms with van der Waals surface area (Å²) in [6.45, 7) is 1.87. The highest BCUT2D eigenvalue weighted by molar-refractivity contribution is 8.13. The van der Waals surface area contributed by atoms with Crippen molar-refractivity contribution < 1.29 is 19.5 Å². The van der Waals surface area contributed by atoms with Gasteiger partial charge in [0.1, 0.15) is 0 Å². The van der Waals surface area contributed by atoms with Crippen LogP contribution in [0.25, 0.3) is 0 Å². The molecule has 1 aromatic rings. The topological polar surface area (TPSA) is 74.7 Å². The predicted octanol–water partition coefficient (Wildman–Crippen LogP) is 1.94. The van der Waals surface area contributed by atoms with Crippen molar-refractivity contribution in [2.45, 2.75) is 19.4 Å². The Morgan fingerprint density at radius 3 is 2.62 bits per heavy atom. The fourth-order valence-electron chi connectivity index (χ4n) is 2.50. The Morgan fingerprint density at radius 2 is 2.05 bits per heavy atom. The summed E-state index contributed by atoms with van der Waals surface area (Å²) in [5.41, 5.74) is 0.596. The van der Waals surface area contributed by atoms with Gasteiger partial charge in [-0.25, -0.2) is 4.79 Å². The van der Waals surface area contributed by atoms with Crippen molar-refractivity contribution in [3.8, 4) is 0 Å². The van der Waals surface area contributed by atoms with Crippen molar-refractivity contribution in [2.75, 3.05) is 12.3 Å². The van der Waals surface area contributed by atoms with E-state index in [1.54, 1.807) is 30.3 Å². The molecule has 0 radical (unpaired) electrons. The highest BCUT2D eigenvalue weighted by Gasteiger charge is 2.38. The molecule has 0 bridgehead atoms. The molecule has 1 heterocycles. The highest BCUT2D eigenvalue weighted by Crippen LogP contribution is 2.30. The van der Waals surface area contributed by atoms with Gasteiger partial charge in [0.15, 0.2) is 11.2 Å². The maximum absolute atomic E-state index is 12.1. The van der Waals surface area contributed by atoms with Crippen LogP contribution < -0.4 is 0 Å². The van der Waals surface area contributed by atoms with Gasteiger partial charge in [-0.15, -0.1) is 0 Å². The number of aliphatic carboxylic acids is 1. The van der Waals surface area contributed by atoms with E-state index in [-0.39, 0.29) is 16.9 Å². The predicted molar refractivity (Wildman–Crippen MR) is 79.8 cm³/mol. The van der Waals surface area contributed by atoms with Gasteiger partial charge in [-0.2, -0.15) is 0 Å². The van der Waals surface area contributed by atoms with Crippen LogP contribution in [-0.2, 0) is 14.4 Å². The maximum atomic E-state index is 12.1. The Morgan fingerprint density at radius 1 is 1.38 bits per heavy atom. The molecule has 112 valence electrons. The van der Waals surface area contributed by atoms with Crippen LogP contribution in [0.4, 0.5) is 0 Å². The van der Waals surface area contributed by atoms with E-state index in [9.17, 15) is 19.5 Å². The molecule has 1 aromatic carbocycles. The lowest BCUT2D eigenvalue weighted by molar-refractivity contribution is -0.148. The zero-order chi connectivity index (χ0) is 15.4. The molecule has 2 rings (SSSR count). The van der Waals surface area contributed by atoms with E-state index in [2.05, 4.69) is 0 Å². The maximum Gasteiger partial charge on any atom is 0.331 e. The first kappa shape index (κ1) is 15.6. The molecule has 0 aromatic heterocycles. The number of carboxylic acid groups (broad SMARTS) is 1. The molecule has 2 atom stereocenters. The second-order valence-electron chi connectivity index (χ2n) is 5.07. The molecule has 21 heavy (non-hydrogen) atoms. The molecule has 1 unspecified atom stereocenters. The fourth-order valence-corrected chi connectivity index (χ4v) is 3.19. The van der Waals surface area contributed by atoms with Gasteiger partial charge in [0.25, 0.3) is 0 Å². The Bertz CT molecular complexity index is 546. The number of thioether (sulfide) groups is 1. The summed E-state index contributed by atoms with van der Waals surface area (Å²) >= 11 is 1.18. The van der Waals surface area contributed by atoms with Crippen molar-refractivity contribution in [2.24, 2.45) is 5.92 Å². The standard InChI is InChI=1S/C15H17NO4S/c1-10(17)21-9-11-7-13(18)16(8-11)14(15(19)20)12-5-3-2-4-6-12/h2-6,11,14H,7-9H2,1H3,(H,19,20)/t11?,14-/m1/s1. The van der Waals surface area contributed by atoms with E-state index in [0.29, 0.717) is 24.3 Å². The number of carbonyl (C=O) groups excluding carboxylic acids is 2. The second-order valence-corrected chi connectivity index (χ2v) is 6.27. The molecule has 1 fully saturated rings. The van der Waals surface area contributed by atoms with Crippen molar-refractivity contribution in [3.63, 3.8) is 0 Å². The quantitative estimate of drug-likeness (QED) is 0.900. The average molecular weight is 307 g/mol. The summed E-state index contributed by atoms with van der Waals surface area (Å²) < 4.78 is 0. The van der Waals surface area contributed by atoms with Crippen LogP contribution in [0.3, 0.4) is 0 Å². The van der Waals surface area contributed by atoms with Crippen molar-refractivity contribution >= 4 is 28.8 Å². The number of carbonyl (C=O) groups is 3. The first-order valence-electron chi connectivity index (χ1n) is 6.69. The summed E-state index contributed by atoms with van der Waals surface area (Å²) in [4.78, 5) is 36.1. The molecule has 1 aliphatic rings. The Labute approximate surface area is 127 Å². The second kappa shape index (κ2) is 6.76. The fraction of sp³-hybridized carbons (Fsp3) is 0.400. The summed E-state index contributed by atoms with van der Waals surface area (Å²) in [7, 11) is 0. The third-order valence-corrected chi connectivity index (χ3v) is 4.47. The highest BCUT2D eigenvalue weighted by atomic mass is 32.2. The number of benzene rings is 1. The number of nitrogens with zero attached hydrogens (tertiary/aromatic N) is 1. The number of hydrogen-bond acceptors (Lipinski definition) is 4. The molecule has 0 aliphatic carbocycles. The number of amides is 1. The zero-order valence-corrected chi connectivity index (χ0v) is 12.5. The Kier molecular flexibility index (Phi) is 5.01. The van der Waals surface area contributed by atoms with E-state index < -0.39 is 12.0 Å². The number of likely N-dealkylation sites (tertiary alicyclic amines) is 1. The van der Waals surface area contributed by atoms with E-state index in [4.69, 9.17) is 0 Å². The summed E-state index contributed by atoms with van der Waals surface area (Å²) in [5.74, 6) is -0.620. The SMILES string of the molecule is CC(=O)SCC1CC(=O)N([C@@H](C(=O)O)c2ccccc2)C1. The smallest absolute Gasteiger partial charge is 0.331 e. The molecule has 0 saturated carbocycles. The van der Waals surface area contributed by atoms with Gasteiger partial charge in [-0.1, -0.05) is 42.1 Å². The lowest BCUT2D eigenvalue weighted by atomic mass is 10.1. The number of carboxylic acids is 1. The van der Waals surface area contributed by atoms with Gasteiger partial charge in [0, 0.05) is 25.6 Å². The summed E-state index contributed by atoms with van der Waals surface area (Å²) in [6, 6.07) is 7.80. The average Bonchev–Trinajstić information content (AvgIpc) is 2.79. The van der Waals surface area contributed by atoms with Crippen molar-refractivity contribution in [1.29, 1.82) is 0 Å². The van der Waals surface area contributed by atoms with E-state index >= 15 is 0 Å². The first-order valence-corrected chi connectivity index (χ1v) is 7.68. The van der Waals surface area contributed by atoms with Crippen LogP contribution in [0.2, 0.25) is 0 Å². The first-order chi connectivity index (χ1) is 9.99. The van der Waals surface area contributed by atoms with Crippen LogP contribution in [-0.4, -0.2) is 39.3 Å². The van der Waals surface area contributed by atoms with E-state index in [1.165, 1.54) is 23.6 Å². The van der Waals surface area contributed by atoms with Gasteiger partial charge < -0.3 is 10.0 Å². The normalized spacial score (nSPS) is 19.6. The van der Waals surface area contributed by atoms with E-state index in [1.807, 2.05) is 0 Å². The lowest BCUT2D eigenvalue weighted by Crippen LogP contribution is -2.35. The van der Waals surface area contributed by atoms with Crippen molar-refractivity contribution in [1.82, 2.24) is 4.90 Å². The van der Waals surface area contributed by atoms with Crippen LogP contribution in [0, 0.1) is 5.92 Å². The molecular weight excluding hydrogens is 290 g/mol. The Balaban J connectivity index is 2.13. The van der Waals surface area contributed by atoms with Gasteiger partial charge >= 0.3 is 5.97 Å². The third-order valence-electron chi connectivity index (χ3n) is 3.42. The van der Waals surface area contributed by atoms with Gasteiger partial charge in [-0.05, 0) is 11.5 Å². The molecule has 1 saturated heterocycles. The third kappa shape index (κ3) is 3.85. The summed E-state index contributed by atoms with van der Waals surface area (Å²) in [5, 5.41) is 9.47.